The van der Waals surface area contributed by atoms with Crippen LogP contribution in [0.5, 0.6) is 0 Å². The van der Waals surface area contributed by atoms with E-state index in [4.69, 9.17) is 21.9 Å². The third-order valence-electron chi connectivity index (χ3n) is 2.73. The summed E-state index contributed by atoms with van der Waals surface area (Å²) in [6.07, 6.45) is 0.779. The Labute approximate surface area is 116 Å². The van der Waals surface area contributed by atoms with E-state index in [-0.39, 0.29) is 13.0 Å². The zero-order valence-electron chi connectivity index (χ0n) is 10.6. The van der Waals surface area contributed by atoms with Crippen LogP contribution in [0.3, 0.4) is 0 Å². The highest BCUT2D eigenvalue weighted by Crippen LogP contribution is 2.15. The van der Waals surface area contributed by atoms with Gasteiger partial charge < -0.3 is 15.4 Å². The predicted octanol–water partition coefficient (Wildman–Crippen LogP) is 1.57. The Kier molecular flexibility index (Phi) is 4.19. The number of rotatable bonds is 5. The molecular formula is C13H16ClN3O2. The Balaban J connectivity index is 2.05. The molecule has 1 aromatic carbocycles. The second-order valence-electron chi connectivity index (χ2n) is 4.79. The number of halogens is 1. The summed E-state index contributed by atoms with van der Waals surface area (Å²) in [6, 6.07) is 7.48. The summed E-state index contributed by atoms with van der Waals surface area (Å²) in [4.78, 5) is 4.23. The van der Waals surface area contributed by atoms with Gasteiger partial charge in [0.1, 0.15) is 0 Å². The van der Waals surface area contributed by atoms with Crippen molar-refractivity contribution in [3.05, 3.63) is 46.6 Å². The van der Waals surface area contributed by atoms with Crippen LogP contribution in [0.2, 0.25) is 5.02 Å². The van der Waals surface area contributed by atoms with Crippen molar-refractivity contribution in [3.63, 3.8) is 0 Å². The molecule has 6 heteroatoms. The molecule has 0 bridgehead atoms. The Morgan fingerprint density at radius 1 is 1.47 bits per heavy atom. The molecule has 2 rings (SSSR count). The zero-order valence-corrected chi connectivity index (χ0v) is 11.4. The third-order valence-corrected chi connectivity index (χ3v) is 2.97. The van der Waals surface area contributed by atoms with Crippen LogP contribution in [0.15, 0.2) is 28.8 Å². The van der Waals surface area contributed by atoms with E-state index in [9.17, 15) is 5.11 Å². The maximum Gasteiger partial charge on any atom is 0.229 e. The summed E-state index contributed by atoms with van der Waals surface area (Å²) in [5.74, 6) is 0.942. The van der Waals surface area contributed by atoms with E-state index in [1.165, 1.54) is 0 Å². The summed E-state index contributed by atoms with van der Waals surface area (Å²) in [6.45, 7) is 1.77. The fourth-order valence-corrected chi connectivity index (χ4v) is 1.87. The molecule has 1 atom stereocenters. The lowest BCUT2D eigenvalue weighted by atomic mass is 10.0. The van der Waals surface area contributed by atoms with Gasteiger partial charge in [0.25, 0.3) is 0 Å². The molecule has 0 fully saturated rings. The first kappa shape index (κ1) is 14.0. The maximum absolute atomic E-state index is 9.84. The molecule has 0 aliphatic rings. The topological polar surface area (TPSA) is 85.2 Å². The van der Waals surface area contributed by atoms with Gasteiger partial charge in [-0.15, -0.1) is 0 Å². The van der Waals surface area contributed by atoms with Crippen LogP contribution in [0, 0.1) is 0 Å². The van der Waals surface area contributed by atoms with Gasteiger partial charge in [-0.1, -0.05) is 28.9 Å². The Hall–Kier alpha value is -1.43. The molecule has 102 valence electrons. The Bertz CT molecular complexity index is 554. The van der Waals surface area contributed by atoms with Gasteiger partial charge in [-0.25, -0.2) is 0 Å². The first-order chi connectivity index (χ1) is 8.98. The van der Waals surface area contributed by atoms with E-state index in [1.54, 1.807) is 6.92 Å². The number of aliphatic hydroxyl groups is 1. The lowest BCUT2D eigenvalue weighted by Crippen LogP contribution is -2.36. The predicted molar refractivity (Wildman–Crippen MR) is 71.9 cm³/mol. The molecule has 0 spiro atoms. The lowest BCUT2D eigenvalue weighted by molar-refractivity contribution is 0.0610. The zero-order chi connectivity index (χ0) is 13.9. The molecule has 0 radical (unpaired) electrons. The Morgan fingerprint density at radius 2 is 2.26 bits per heavy atom. The molecule has 5 nitrogen and oxygen atoms in total. The second-order valence-corrected chi connectivity index (χ2v) is 5.23. The average Bonchev–Trinajstić information content (AvgIpc) is 2.76. The summed E-state index contributed by atoms with van der Waals surface area (Å²) in [5, 5.41) is 14.4. The molecule has 0 amide bonds. The van der Waals surface area contributed by atoms with Crippen molar-refractivity contribution in [3.8, 4) is 0 Å². The first-order valence-corrected chi connectivity index (χ1v) is 6.35. The highest BCUT2D eigenvalue weighted by molar-refractivity contribution is 6.30. The van der Waals surface area contributed by atoms with Crippen LogP contribution in [-0.4, -0.2) is 27.4 Å². The van der Waals surface area contributed by atoms with Gasteiger partial charge in [0.2, 0.25) is 5.89 Å². The van der Waals surface area contributed by atoms with Crippen LogP contribution in [0.25, 0.3) is 0 Å². The van der Waals surface area contributed by atoms with Crippen molar-refractivity contribution in [2.45, 2.75) is 25.4 Å². The molecule has 3 N–H and O–H groups in total. The van der Waals surface area contributed by atoms with E-state index < -0.39 is 5.60 Å². The van der Waals surface area contributed by atoms with Gasteiger partial charge >= 0.3 is 0 Å². The molecule has 1 unspecified atom stereocenters. The highest BCUT2D eigenvalue weighted by Gasteiger charge is 2.22. The number of aromatic nitrogens is 2. The van der Waals surface area contributed by atoms with Crippen molar-refractivity contribution in [2.75, 3.05) is 6.54 Å². The smallest absolute Gasteiger partial charge is 0.229 e. The van der Waals surface area contributed by atoms with Gasteiger partial charge in [-0.05, 0) is 24.6 Å². The monoisotopic (exact) mass is 281 g/mol. The van der Waals surface area contributed by atoms with E-state index >= 15 is 0 Å². The molecule has 0 aliphatic carbocycles. The van der Waals surface area contributed by atoms with Gasteiger partial charge in [0, 0.05) is 18.0 Å². The fraction of sp³-hybridized carbons (Fsp3) is 0.385. The van der Waals surface area contributed by atoms with Crippen LogP contribution < -0.4 is 5.73 Å². The summed E-state index contributed by atoms with van der Waals surface area (Å²) >= 11 is 5.91. The van der Waals surface area contributed by atoms with E-state index in [2.05, 4.69) is 10.1 Å². The molecule has 19 heavy (non-hydrogen) atoms. The normalized spacial score (nSPS) is 14.3. The summed E-state index contributed by atoms with van der Waals surface area (Å²) in [5.41, 5.74) is 5.42. The van der Waals surface area contributed by atoms with Crippen LogP contribution in [0.1, 0.15) is 24.2 Å². The van der Waals surface area contributed by atoms with Crippen LogP contribution in [0.4, 0.5) is 0 Å². The average molecular weight is 282 g/mol. The molecular weight excluding hydrogens is 266 g/mol. The number of nitrogens with zero attached hydrogens (tertiary/aromatic N) is 2. The third kappa shape index (κ3) is 4.02. The minimum absolute atomic E-state index is 0.138. The molecule has 0 saturated heterocycles. The van der Waals surface area contributed by atoms with Crippen molar-refractivity contribution >= 4 is 11.6 Å². The van der Waals surface area contributed by atoms with Gasteiger partial charge in [0.15, 0.2) is 5.82 Å². The minimum atomic E-state index is -1.03. The second kappa shape index (κ2) is 5.69. The van der Waals surface area contributed by atoms with Crippen molar-refractivity contribution in [1.29, 1.82) is 0 Å². The maximum atomic E-state index is 9.84. The minimum Gasteiger partial charge on any atom is -0.388 e. The summed E-state index contributed by atoms with van der Waals surface area (Å²) < 4.78 is 5.10. The standard InChI is InChI=1S/C13H16ClN3O2/c1-13(18,8-15)7-12-16-11(17-19-12)6-9-3-2-4-10(14)5-9/h2-5,18H,6-8,15H2,1H3. The largest absolute Gasteiger partial charge is 0.388 e. The van der Waals surface area contributed by atoms with E-state index in [1.807, 2.05) is 24.3 Å². The number of benzene rings is 1. The highest BCUT2D eigenvalue weighted by atomic mass is 35.5. The van der Waals surface area contributed by atoms with Crippen molar-refractivity contribution in [2.24, 2.45) is 5.73 Å². The number of nitrogens with two attached hydrogens (primary N) is 1. The lowest BCUT2D eigenvalue weighted by Gasteiger charge is -2.17. The van der Waals surface area contributed by atoms with Crippen LogP contribution >= 0.6 is 11.6 Å². The summed E-state index contributed by atoms with van der Waals surface area (Å²) in [7, 11) is 0. The van der Waals surface area contributed by atoms with Gasteiger partial charge in [-0.3, -0.25) is 0 Å². The molecule has 1 aromatic heterocycles. The quantitative estimate of drug-likeness (QED) is 0.869. The van der Waals surface area contributed by atoms with Gasteiger partial charge in [-0.2, -0.15) is 4.98 Å². The van der Waals surface area contributed by atoms with Crippen molar-refractivity contribution < 1.29 is 9.63 Å². The molecule has 2 aromatic rings. The van der Waals surface area contributed by atoms with E-state index in [0.717, 1.165) is 5.56 Å². The fourth-order valence-electron chi connectivity index (χ4n) is 1.66. The number of hydrogen-bond acceptors (Lipinski definition) is 5. The molecule has 0 saturated carbocycles. The van der Waals surface area contributed by atoms with E-state index in [0.29, 0.717) is 23.2 Å². The van der Waals surface area contributed by atoms with Crippen LogP contribution in [-0.2, 0) is 12.8 Å². The van der Waals surface area contributed by atoms with Crippen molar-refractivity contribution in [1.82, 2.24) is 10.1 Å². The number of hydrogen-bond donors (Lipinski definition) is 2. The van der Waals surface area contributed by atoms with Gasteiger partial charge in [0.05, 0.1) is 12.0 Å². The SMILES string of the molecule is CC(O)(CN)Cc1nc(Cc2cccc(Cl)c2)no1. The molecule has 1 heterocycles. The molecule has 0 aliphatic heterocycles. The Morgan fingerprint density at radius 3 is 2.95 bits per heavy atom. The first-order valence-electron chi connectivity index (χ1n) is 5.97.